The molecular formula is C16H13Br2FO2. The van der Waals surface area contributed by atoms with Gasteiger partial charge in [0.25, 0.3) is 0 Å². The summed E-state index contributed by atoms with van der Waals surface area (Å²) in [6, 6.07) is 12.0. The summed E-state index contributed by atoms with van der Waals surface area (Å²) >= 11 is 6.57. The molecule has 1 atom stereocenters. The van der Waals surface area contributed by atoms with Crippen molar-refractivity contribution in [1.82, 2.24) is 0 Å². The Kier molecular flexibility index (Phi) is 5.53. The monoisotopic (exact) mass is 414 g/mol. The van der Waals surface area contributed by atoms with E-state index in [1.54, 1.807) is 6.07 Å². The Labute approximate surface area is 139 Å². The van der Waals surface area contributed by atoms with Gasteiger partial charge in [0, 0.05) is 8.95 Å². The third-order valence-corrected chi connectivity index (χ3v) is 4.14. The highest BCUT2D eigenvalue weighted by Crippen LogP contribution is 2.21. The van der Waals surface area contributed by atoms with E-state index in [1.807, 2.05) is 24.3 Å². The van der Waals surface area contributed by atoms with Crippen molar-refractivity contribution in [2.75, 3.05) is 0 Å². The van der Waals surface area contributed by atoms with Crippen LogP contribution < -0.4 is 0 Å². The van der Waals surface area contributed by atoms with Crippen molar-refractivity contribution in [3.05, 3.63) is 68.4 Å². The minimum Gasteiger partial charge on any atom is -0.481 e. The number of carbonyl (C=O) groups is 1. The molecule has 2 aromatic carbocycles. The maximum atomic E-state index is 13.4. The van der Waals surface area contributed by atoms with E-state index in [4.69, 9.17) is 0 Å². The zero-order valence-electron chi connectivity index (χ0n) is 11.0. The van der Waals surface area contributed by atoms with Gasteiger partial charge >= 0.3 is 5.97 Å². The third-order valence-electron chi connectivity index (χ3n) is 3.15. The molecular weight excluding hydrogens is 403 g/mol. The van der Waals surface area contributed by atoms with Gasteiger partial charge in [0.1, 0.15) is 5.82 Å². The lowest BCUT2D eigenvalue weighted by atomic mass is 9.92. The maximum absolute atomic E-state index is 13.4. The van der Waals surface area contributed by atoms with Gasteiger partial charge in [0.05, 0.1) is 5.92 Å². The summed E-state index contributed by atoms with van der Waals surface area (Å²) in [6.45, 7) is 0. The zero-order chi connectivity index (χ0) is 15.4. The van der Waals surface area contributed by atoms with Gasteiger partial charge in [-0.05, 0) is 54.3 Å². The van der Waals surface area contributed by atoms with Crippen LogP contribution >= 0.6 is 31.9 Å². The number of carboxylic acids is 1. The van der Waals surface area contributed by atoms with Crippen molar-refractivity contribution in [3.63, 3.8) is 0 Å². The molecule has 21 heavy (non-hydrogen) atoms. The van der Waals surface area contributed by atoms with Crippen molar-refractivity contribution in [1.29, 1.82) is 0 Å². The highest BCUT2D eigenvalue weighted by Gasteiger charge is 2.19. The number of hydrogen-bond acceptors (Lipinski definition) is 1. The smallest absolute Gasteiger partial charge is 0.307 e. The molecule has 0 saturated carbocycles. The fourth-order valence-electron chi connectivity index (χ4n) is 2.17. The molecule has 0 saturated heterocycles. The third kappa shape index (κ3) is 4.93. The number of aliphatic carboxylic acids is 1. The van der Waals surface area contributed by atoms with Gasteiger partial charge in [-0.1, -0.05) is 44.0 Å². The van der Waals surface area contributed by atoms with Gasteiger partial charge in [-0.25, -0.2) is 4.39 Å². The Hall–Kier alpha value is -1.20. The highest BCUT2D eigenvalue weighted by molar-refractivity contribution is 9.10. The Morgan fingerprint density at radius 3 is 2.19 bits per heavy atom. The van der Waals surface area contributed by atoms with Crippen molar-refractivity contribution in [2.24, 2.45) is 5.92 Å². The molecule has 110 valence electrons. The van der Waals surface area contributed by atoms with E-state index in [0.29, 0.717) is 22.9 Å². The van der Waals surface area contributed by atoms with Gasteiger partial charge in [0.2, 0.25) is 0 Å². The Balaban J connectivity index is 2.15. The van der Waals surface area contributed by atoms with Gasteiger partial charge in [-0.15, -0.1) is 0 Å². The quantitative estimate of drug-likeness (QED) is 0.758. The van der Waals surface area contributed by atoms with Gasteiger partial charge in [-0.2, -0.15) is 0 Å². The van der Waals surface area contributed by atoms with E-state index in [1.165, 1.54) is 12.1 Å². The molecule has 1 unspecified atom stereocenters. The van der Waals surface area contributed by atoms with Crippen molar-refractivity contribution < 1.29 is 14.3 Å². The van der Waals surface area contributed by atoms with E-state index in [-0.39, 0.29) is 5.82 Å². The molecule has 0 aliphatic rings. The summed E-state index contributed by atoms with van der Waals surface area (Å²) in [6.07, 6.45) is 0.707. The topological polar surface area (TPSA) is 37.3 Å². The van der Waals surface area contributed by atoms with Crippen LogP contribution in [0.1, 0.15) is 11.1 Å². The van der Waals surface area contributed by atoms with Crippen LogP contribution in [0, 0.1) is 11.7 Å². The first-order valence-electron chi connectivity index (χ1n) is 6.36. The Bertz CT molecular complexity index is 621. The van der Waals surface area contributed by atoms with Crippen LogP contribution in [0.25, 0.3) is 0 Å². The molecule has 0 amide bonds. The van der Waals surface area contributed by atoms with Crippen LogP contribution in [0.2, 0.25) is 0 Å². The molecule has 0 bridgehead atoms. The molecule has 0 radical (unpaired) electrons. The molecule has 0 fully saturated rings. The average molecular weight is 416 g/mol. The summed E-state index contributed by atoms with van der Waals surface area (Å²) in [5.74, 6) is -1.83. The van der Waals surface area contributed by atoms with Gasteiger partial charge in [0.15, 0.2) is 0 Å². The fraction of sp³-hybridized carbons (Fsp3) is 0.188. The molecule has 0 aromatic heterocycles. The molecule has 2 rings (SSSR count). The second kappa shape index (κ2) is 7.18. The molecule has 1 N–H and O–H groups in total. The minimum absolute atomic E-state index is 0.293. The predicted molar refractivity (Wildman–Crippen MR) is 86.8 cm³/mol. The summed E-state index contributed by atoms with van der Waals surface area (Å²) in [4.78, 5) is 11.4. The number of hydrogen-bond donors (Lipinski definition) is 1. The fourth-order valence-corrected chi connectivity index (χ4v) is 2.94. The van der Waals surface area contributed by atoms with Crippen LogP contribution in [-0.4, -0.2) is 11.1 Å². The summed E-state index contributed by atoms with van der Waals surface area (Å²) in [5, 5.41) is 9.37. The highest BCUT2D eigenvalue weighted by atomic mass is 79.9. The second-order valence-corrected chi connectivity index (χ2v) is 6.68. The van der Waals surface area contributed by atoms with E-state index in [9.17, 15) is 14.3 Å². The van der Waals surface area contributed by atoms with Gasteiger partial charge in [-0.3, -0.25) is 4.79 Å². The van der Waals surface area contributed by atoms with Crippen LogP contribution in [0.4, 0.5) is 4.39 Å². The first kappa shape index (κ1) is 16.2. The Morgan fingerprint density at radius 1 is 1.00 bits per heavy atom. The maximum Gasteiger partial charge on any atom is 0.307 e. The van der Waals surface area contributed by atoms with Crippen molar-refractivity contribution in [2.45, 2.75) is 12.8 Å². The van der Waals surface area contributed by atoms with E-state index >= 15 is 0 Å². The van der Waals surface area contributed by atoms with Crippen LogP contribution in [-0.2, 0) is 17.6 Å². The van der Waals surface area contributed by atoms with Crippen molar-refractivity contribution in [3.8, 4) is 0 Å². The lowest BCUT2D eigenvalue weighted by molar-refractivity contribution is -0.141. The molecule has 2 nitrogen and oxygen atoms in total. The normalized spacial score (nSPS) is 12.1. The summed E-state index contributed by atoms with van der Waals surface area (Å²) < 4.78 is 14.9. The average Bonchev–Trinajstić information content (AvgIpc) is 2.39. The second-order valence-electron chi connectivity index (χ2n) is 4.85. The number of benzene rings is 2. The van der Waals surface area contributed by atoms with Crippen LogP contribution in [0.5, 0.6) is 0 Å². The zero-order valence-corrected chi connectivity index (χ0v) is 14.2. The molecule has 0 spiro atoms. The largest absolute Gasteiger partial charge is 0.481 e. The molecule has 2 aromatic rings. The molecule has 5 heteroatoms. The molecule has 0 aliphatic carbocycles. The summed E-state index contributed by atoms with van der Waals surface area (Å²) in [7, 11) is 0. The van der Waals surface area contributed by atoms with Crippen LogP contribution in [0.15, 0.2) is 51.4 Å². The molecule has 0 aliphatic heterocycles. The van der Waals surface area contributed by atoms with Crippen LogP contribution in [0.3, 0.4) is 0 Å². The standard InChI is InChI=1S/C16H13Br2FO2/c17-13-3-1-10(2-4-13)5-12(16(20)21)6-11-7-14(18)9-15(19)8-11/h1-4,7-9,12H,5-6H2,(H,20,21). The SMILES string of the molecule is O=C(O)C(Cc1ccc(Br)cc1)Cc1cc(F)cc(Br)c1. The van der Waals surface area contributed by atoms with Crippen molar-refractivity contribution >= 4 is 37.8 Å². The minimum atomic E-state index is -0.877. The number of rotatable bonds is 5. The first-order chi connectivity index (χ1) is 9.94. The predicted octanol–water partition coefficient (Wildman–Crippen LogP) is 4.84. The Morgan fingerprint density at radius 2 is 1.62 bits per heavy atom. The summed E-state index contributed by atoms with van der Waals surface area (Å²) in [5.41, 5.74) is 1.62. The molecule has 0 heterocycles. The van der Waals surface area contributed by atoms with E-state index < -0.39 is 11.9 Å². The number of carboxylic acid groups (broad SMARTS) is 1. The lowest BCUT2D eigenvalue weighted by Crippen LogP contribution is -2.19. The van der Waals surface area contributed by atoms with E-state index in [0.717, 1.165) is 10.0 Å². The lowest BCUT2D eigenvalue weighted by Gasteiger charge is -2.13. The first-order valence-corrected chi connectivity index (χ1v) is 7.95. The van der Waals surface area contributed by atoms with Gasteiger partial charge < -0.3 is 5.11 Å². The number of halogens is 3. The van der Waals surface area contributed by atoms with E-state index in [2.05, 4.69) is 31.9 Å².